The van der Waals surface area contributed by atoms with E-state index < -0.39 is 16.1 Å². The predicted molar refractivity (Wildman–Crippen MR) is 114 cm³/mol. The molecule has 164 valence electrons. The van der Waals surface area contributed by atoms with Gasteiger partial charge in [-0.1, -0.05) is 12.8 Å². The van der Waals surface area contributed by atoms with Crippen LogP contribution in [-0.2, 0) is 21.2 Å². The summed E-state index contributed by atoms with van der Waals surface area (Å²) in [6, 6.07) is 4.13. The molecule has 2 aliphatic heterocycles. The number of urea groups is 1. The molecule has 1 saturated carbocycles. The second kappa shape index (κ2) is 8.55. The fourth-order valence-electron chi connectivity index (χ4n) is 4.57. The highest BCUT2D eigenvalue weighted by molar-refractivity contribution is 7.89. The Morgan fingerprint density at radius 2 is 1.77 bits per heavy atom. The number of benzene rings is 1. The van der Waals surface area contributed by atoms with Gasteiger partial charge in [-0.3, -0.25) is 9.69 Å². The van der Waals surface area contributed by atoms with Crippen LogP contribution in [0, 0.1) is 0 Å². The summed E-state index contributed by atoms with van der Waals surface area (Å²) < 4.78 is 28.1. The highest BCUT2D eigenvalue weighted by atomic mass is 32.2. The molecule has 1 aliphatic carbocycles. The molecule has 0 aromatic heterocycles. The highest BCUT2D eigenvalue weighted by Gasteiger charge is 2.31. The topological polar surface area (TPSA) is 98.8 Å². The summed E-state index contributed by atoms with van der Waals surface area (Å²) in [4.78, 5) is 28.8. The Bertz CT molecular complexity index is 921. The van der Waals surface area contributed by atoms with Crippen molar-refractivity contribution in [3.05, 3.63) is 23.8 Å². The van der Waals surface area contributed by atoms with Crippen LogP contribution in [-0.4, -0.2) is 57.0 Å². The Morgan fingerprint density at radius 1 is 1.07 bits per heavy atom. The van der Waals surface area contributed by atoms with Crippen molar-refractivity contribution in [1.29, 1.82) is 0 Å². The molecule has 3 aliphatic rings. The fraction of sp³-hybridized carbons (Fsp3) is 0.619. The van der Waals surface area contributed by atoms with E-state index in [2.05, 4.69) is 10.0 Å². The van der Waals surface area contributed by atoms with Crippen LogP contribution >= 0.6 is 0 Å². The van der Waals surface area contributed by atoms with Gasteiger partial charge in [-0.25, -0.2) is 13.2 Å². The molecular weight excluding hydrogens is 404 g/mol. The van der Waals surface area contributed by atoms with Gasteiger partial charge in [0.2, 0.25) is 15.9 Å². The van der Waals surface area contributed by atoms with E-state index >= 15 is 0 Å². The van der Waals surface area contributed by atoms with E-state index in [9.17, 15) is 18.0 Å². The van der Waals surface area contributed by atoms with Gasteiger partial charge in [-0.2, -0.15) is 4.72 Å². The van der Waals surface area contributed by atoms with Crippen LogP contribution in [0.5, 0.6) is 0 Å². The first kappa shape index (κ1) is 21.1. The number of rotatable bonds is 5. The lowest BCUT2D eigenvalue weighted by molar-refractivity contribution is -0.123. The number of hydrogen-bond donors (Lipinski definition) is 2. The Morgan fingerprint density at radius 3 is 2.47 bits per heavy atom. The number of carbonyl (C=O) groups excluding carboxylic acids is 2. The summed E-state index contributed by atoms with van der Waals surface area (Å²) in [5.41, 5.74) is 1.62. The van der Waals surface area contributed by atoms with E-state index in [1.807, 2.05) is 4.90 Å². The number of amides is 3. The average molecular weight is 435 g/mol. The van der Waals surface area contributed by atoms with Crippen molar-refractivity contribution < 1.29 is 18.0 Å². The van der Waals surface area contributed by atoms with E-state index in [1.165, 1.54) is 6.07 Å². The average Bonchev–Trinajstić information content (AvgIpc) is 3.47. The monoisotopic (exact) mass is 434 g/mol. The standard InChI is InChI=1S/C21H30N4O4S/c1-15(20(26)22-17-6-2-3-7-17)23-30(28,29)18-8-9-19-16(14-18)10-13-25(19)21(27)24-11-4-5-12-24/h8-9,14-15,17,23H,2-7,10-13H2,1H3,(H,22,26). The largest absolute Gasteiger partial charge is 0.352 e. The number of nitrogens with zero attached hydrogens (tertiary/aromatic N) is 2. The first-order valence-corrected chi connectivity index (χ1v) is 12.4. The number of nitrogens with one attached hydrogen (secondary N) is 2. The molecule has 2 heterocycles. The molecule has 0 radical (unpaired) electrons. The van der Waals surface area contributed by atoms with Crippen molar-refractivity contribution >= 4 is 27.6 Å². The molecule has 1 atom stereocenters. The highest BCUT2D eigenvalue weighted by Crippen LogP contribution is 2.31. The van der Waals surface area contributed by atoms with Crippen molar-refractivity contribution in [2.75, 3.05) is 24.5 Å². The van der Waals surface area contributed by atoms with Crippen LogP contribution in [0.4, 0.5) is 10.5 Å². The maximum atomic E-state index is 12.8. The number of anilines is 1. The van der Waals surface area contributed by atoms with Gasteiger partial charge in [0.15, 0.2) is 0 Å². The molecule has 2 fully saturated rings. The molecule has 1 aromatic carbocycles. The van der Waals surface area contributed by atoms with Crippen LogP contribution in [0.2, 0.25) is 0 Å². The minimum absolute atomic E-state index is 0.00260. The number of fused-ring (bicyclic) bond motifs is 1. The predicted octanol–water partition coefficient (Wildman–Crippen LogP) is 1.99. The number of sulfonamides is 1. The summed E-state index contributed by atoms with van der Waals surface area (Å²) in [7, 11) is -3.84. The van der Waals surface area contributed by atoms with E-state index in [-0.39, 0.29) is 22.9 Å². The molecule has 3 amide bonds. The number of carbonyl (C=O) groups is 2. The molecule has 2 N–H and O–H groups in total. The van der Waals surface area contributed by atoms with E-state index in [4.69, 9.17) is 0 Å². The molecule has 4 rings (SSSR count). The van der Waals surface area contributed by atoms with E-state index in [1.54, 1.807) is 24.0 Å². The first-order chi connectivity index (χ1) is 14.3. The molecule has 1 aromatic rings. The van der Waals surface area contributed by atoms with Crippen molar-refractivity contribution in [3.63, 3.8) is 0 Å². The maximum Gasteiger partial charge on any atom is 0.324 e. The third-order valence-electron chi connectivity index (χ3n) is 6.29. The Hall–Kier alpha value is -2.13. The molecule has 1 saturated heterocycles. The summed E-state index contributed by atoms with van der Waals surface area (Å²) in [6.45, 7) is 3.68. The third kappa shape index (κ3) is 4.32. The molecule has 0 spiro atoms. The van der Waals surface area contributed by atoms with Crippen molar-refractivity contribution in [2.45, 2.75) is 68.8 Å². The lowest BCUT2D eigenvalue weighted by Gasteiger charge is -2.24. The van der Waals surface area contributed by atoms with Gasteiger partial charge in [0.05, 0.1) is 10.9 Å². The molecule has 8 nitrogen and oxygen atoms in total. The zero-order valence-electron chi connectivity index (χ0n) is 17.4. The van der Waals surface area contributed by atoms with E-state index in [0.29, 0.717) is 13.0 Å². The van der Waals surface area contributed by atoms with E-state index in [0.717, 1.165) is 62.9 Å². The summed E-state index contributed by atoms with van der Waals surface area (Å²) in [6.07, 6.45) is 6.76. The number of likely N-dealkylation sites (tertiary alicyclic amines) is 1. The smallest absolute Gasteiger partial charge is 0.324 e. The summed E-state index contributed by atoms with van der Waals surface area (Å²) >= 11 is 0. The molecule has 30 heavy (non-hydrogen) atoms. The molecule has 1 unspecified atom stereocenters. The van der Waals surface area contributed by atoms with Gasteiger partial charge in [-0.05, 0) is 62.8 Å². The van der Waals surface area contributed by atoms with Crippen molar-refractivity contribution in [2.24, 2.45) is 0 Å². The minimum Gasteiger partial charge on any atom is -0.352 e. The Kier molecular flexibility index (Phi) is 6.02. The molecule has 9 heteroatoms. The van der Waals surface area contributed by atoms with Crippen molar-refractivity contribution in [3.8, 4) is 0 Å². The van der Waals surface area contributed by atoms with Crippen LogP contribution in [0.25, 0.3) is 0 Å². The maximum absolute atomic E-state index is 12.8. The van der Waals surface area contributed by atoms with Crippen LogP contribution in [0.3, 0.4) is 0 Å². The SMILES string of the molecule is CC(NS(=O)(=O)c1ccc2c(c1)CCN2C(=O)N1CCCC1)C(=O)NC1CCCC1. The van der Waals surface area contributed by atoms with Gasteiger partial charge in [0.25, 0.3) is 0 Å². The third-order valence-corrected chi connectivity index (χ3v) is 7.83. The van der Waals surface area contributed by atoms with Gasteiger partial charge in [0.1, 0.15) is 0 Å². The lowest BCUT2D eigenvalue weighted by atomic mass is 10.2. The van der Waals surface area contributed by atoms with Crippen LogP contribution in [0.15, 0.2) is 23.1 Å². The first-order valence-electron chi connectivity index (χ1n) is 10.9. The normalized spacial score (nSPS) is 20.4. The Balaban J connectivity index is 1.43. The second-order valence-corrected chi connectivity index (χ2v) is 10.2. The zero-order valence-corrected chi connectivity index (χ0v) is 18.2. The Labute approximate surface area is 178 Å². The van der Waals surface area contributed by atoms with Crippen LogP contribution < -0.4 is 14.9 Å². The fourth-order valence-corrected chi connectivity index (χ4v) is 5.83. The quantitative estimate of drug-likeness (QED) is 0.740. The summed E-state index contributed by atoms with van der Waals surface area (Å²) in [5, 5.41) is 2.92. The zero-order chi connectivity index (χ0) is 21.3. The number of hydrogen-bond acceptors (Lipinski definition) is 4. The summed E-state index contributed by atoms with van der Waals surface area (Å²) in [5.74, 6) is -0.297. The van der Waals surface area contributed by atoms with Crippen molar-refractivity contribution in [1.82, 2.24) is 14.9 Å². The van der Waals surface area contributed by atoms with Gasteiger partial charge >= 0.3 is 6.03 Å². The molecule has 0 bridgehead atoms. The van der Waals surface area contributed by atoms with Gasteiger partial charge in [-0.15, -0.1) is 0 Å². The molecular formula is C21H30N4O4S. The van der Waals surface area contributed by atoms with Gasteiger partial charge < -0.3 is 10.2 Å². The van der Waals surface area contributed by atoms with Gasteiger partial charge in [0, 0.05) is 31.4 Å². The lowest BCUT2D eigenvalue weighted by Crippen LogP contribution is -2.47. The minimum atomic E-state index is -3.84. The van der Waals surface area contributed by atoms with Crippen LogP contribution in [0.1, 0.15) is 51.0 Å². The second-order valence-electron chi connectivity index (χ2n) is 8.50.